The fourth-order valence-corrected chi connectivity index (χ4v) is 0.907. The highest BCUT2D eigenvalue weighted by atomic mass is 19.1. The molecule has 1 atom stereocenters. The van der Waals surface area contributed by atoms with E-state index in [1.54, 1.807) is 6.92 Å². The normalized spacial score (nSPS) is 12.1. The van der Waals surface area contributed by atoms with Gasteiger partial charge in [-0.3, -0.25) is 0 Å². The van der Waals surface area contributed by atoms with Crippen molar-refractivity contribution in [3.05, 3.63) is 29.8 Å². The second-order valence-electron chi connectivity index (χ2n) is 2.77. The first kappa shape index (κ1) is 10.5. The Labute approximate surface area is 81.1 Å². The summed E-state index contributed by atoms with van der Waals surface area (Å²) in [7, 11) is 0. The number of hydrogen-bond acceptors (Lipinski definition) is 2. The number of benzene rings is 1. The van der Waals surface area contributed by atoms with Crippen LogP contribution in [-0.4, -0.2) is 17.4 Å². The van der Waals surface area contributed by atoms with E-state index in [0.29, 0.717) is 5.75 Å². The summed E-state index contributed by atoms with van der Waals surface area (Å²) in [6, 6.07) is 5.62. The summed E-state index contributed by atoms with van der Waals surface area (Å²) in [6.45, 7) is 1.66. The van der Waals surface area contributed by atoms with Crippen molar-refractivity contribution in [2.75, 3.05) is 0 Å². The molecule has 0 aromatic heterocycles. The molecule has 76 valence electrons. The monoisotopic (exact) mass is 198 g/mol. The molecular formula is C10H11FO3. The molecule has 0 radical (unpaired) electrons. The van der Waals surface area contributed by atoms with Crippen molar-refractivity contribution in [1.82, 2.24) is 0 Å². The van der Waals surface area contributed by atoms with Gasteiger partial charge in [0.1, 0.15) is 5.75 Å². The van der Waals surface area contributed by atoms with Crippen LogP contribution >= 0.6 is 0 Å². The highest BCUT2D eigenvalue weighted by molar-refractivity contribution is 5.87. The van der Waals surface area contributed by atoms with E-state index in [0.717, 1.165) is 0 Å². The molecule has 4 heteroatoms. The van der Waals surface area contributed by atoms with E-state index in [1.807, 2.05) is 0 Å². The van der Waals surface area contributed by atoms with Crippen LogP contribution in [0.15, 0.2) is 24.3 Å². The Morgan fingerprint density at radius 1 is 1.50 bits per heavy atom. The molecule has 3 nitrogen and oxygen atoms in total. The van der Waals surface area contributed by atoms with E-state index >= 15 is 0 Å². The van der Waals surface area contributed by atoms with Crippen molar-refractivity contribution in [3.63, 3.8) is 0 Å². The SMILES string of the molecule is CCC(F)Oc1ccc(C(=O)O)cc1. The number of rotatable bonds is 4. The molecule has 0 aliphatic heterocycles. The average Bonchev–Trinajstić information content (AvgIpc) is 2.18. The number of carboxylic acid groups (broad SMARTS) is 1. The number of aromatic carboxylic acids is 1. The molecule has 0 aliphatic carbocycles. The number of halogens is 1. The van der Waals surface area contributed by atoms with Gasteiger partial charge in [-0.25, -0.2) is 9.18 Å². The Hall–Kier alpha value is -1.58. The van der Waals surface area contributed by atoms with Gasteiger partial charge < -0.3 is 9.84 Å². The summed E-state index contributed by atoms with van der Waals surface area (Å²) < 4.78 is 17.6. The van der Waals surface area contributed by atoms with E-state index in [2.05, 4.69) is 0 Å². The largest absolute Gasteiger partial charge is 0.478 e. The molecule has 0 aliphatic rings. The third-order valence-electron chi connectivity index (χ3n) is 1.69. The molecule has 0 saturated carbocycles. The van der Waals surface area contributed by atoms with Crippen LogP contribution in [0.1, 0.15) is 23.7 Å². The van der Waals surface area contributed by atoms with Crippen LogP contribution in [0.3, 0.4) is 0 Å². The van der Waals surface area contributed by atoms with Crippen LogP contribution < -0.4 is 4.74 Å². The predicted molar refractivity (Wildman–Crippen MR) is 49.2 cm³/mol. The molecule has 0 amide bonds. The first-order chi connectivity index (χ1) is 6.63. The lowest BCUT2D eigenvalue weighted by Gasteiger charge is -2.08. The van der Waals surface area contributed by atoms with Gasteiger partial charge in [-0.1, -0.05) is 6.92 Å². The number of carbonyl (C=O) groups is 1. The molecule has 0 spiro atoms. The molecule has 0 bridgehead atoms. The summed E-state index contributed by atoms with van der Waals surface area (Å²) in [5.41, 5.74) is 0.157. The van der Waals surface area contributed by atoms with Gasteiger partial charge in [-0.2, -0.15) is 0 Å². The average molecular weight is 198 g/mol. The van der Waals surface area contributed by atoms with Gasteiger partial charge in [0, 0.05) is 6.42 Å². The topological polar surface area (TPSA) is 46.5 Å². The maximum atomic E-state index is 12.7. The molecule has 1 aromatic rings. The van der Waals surface area contributed by atoms with Crippen LogP contribution in [0.25, 0.3) is 0 Å². The summed E-state index contributed by atoms with van der Waals surface area (Å²) in [5.74, 6) is -0.673. The Morgan fingerprint density at radius 3 is 2.50 bits per heavy atom. The second kappa shape index (κ2) is 4.60. The number of hydrogen-bond donors (Lipinski definition) is 1. The standard InChI is InChI=1S/C10H11FO3/c1-2-9(11)14-8-5-3-7(4-6-8)10(12)13/h3-6,9H,2H2,1H3,(H,12,13). The van der Waals surface area contributed by atoms with Crippen LogP contribution in [0.4, 0.5) is 4.39 Å². The minimum atomic E-state index is -1.34. The molecule has 1 N–H and O–H groups in total. The second-order valence-corrected chi connectivity index (χ2v) is 2.77. The number of alkyl halides is 1. The third-order valence-corrected chi connectivity index (χ3v) is 1.69. The lowest BCUT2D eigenvalue weighted by Crippen LogP contribution is -2.07. The van der Waals surface area contributed by atoms with E-state index in [4.69, 9.17) is 9.84 Å². The fourth-order valence-electron chi connectivity index (χ4n) is 0.907. The van der Waals surface area contributed by atoms with E-state index in [9.17, 15) is 9.18 Å². The van der Waals surface area contributed by atoms with Crippen LogP contribution in [-0.2, 0) is 0 Å². The van der Waals surface area contributed by atoms with Gasteiger partial charge >= 0.3 is 5.97 Å². The first-order valence-corrected chi connectivity index (χ1v) is 4.27. The van der Waals surface area contributed by atoms with Crippen molar-refractivity contribution in [3.8, 4) is 5.75 Å². The number of ether oxygens (including phenoxy) is 1. The maximum absolute atomic E-state index is 12.7. The van der Waals surface area contributed by atoms with Crippen molar-refractivity contribution < 1.29 is 19.0 Å². The Kier molecular flexibility index (Phi) is 3.45. The maximum Gasteiger partial charge on any atom is 0.335 e. The molecule has 1 unspecified atom stereocenters. The first-order valence-electron chi connectivity index (χ1n) is 4.27. The van der Waals surface area contributed by atoms with E-state index in [-0.39, 0.29) is 12.0 Å². The lowest BCUT2D eigenvalue weighted by atomic mass is 10.2. The van der Waals surface area contributed by atoms with Gasteiger partial charge in [-0.15, -0.1) is 0 Å². The van der Waals surface area contributed by atoms with Gasteiger partial charge in [0.2, 0.25) is 6.36 Å². The van der Waals surface area contributed by atoms with E-state index in [1.165, 1.54) is 24.3 Å². The van der Waals surface area contributed by atoms with Gasteiger partial charge in [0.15, 0.2) is 0 Å². The van der Waals surface area contributed by atoms with Crippen molar-refractivity contribution >= 4 is 5.97 Å². The molecule has 0 saturated heterocycles. The van der Waals surface area contributed by atoms with Gasteiger partial charge in [0.05, 0.1) is 5.56 Å². The van der Waals surface area contributed by atoms with Crippen LogP contribution in [0, 0.1) is 0 Å². The molecular weight excluding hydrogens is 187 g/mol. The molecule has 14 heavy (non-hydrogen) atoms. The van der Waals surface area contributed by atoms with Gasteiger partial charge in [-0.05, 0) is 24.3 Å². The Balaban J connectivity index is 2.68. The van der Waals surface area contributed by atoms with Gasteiger partial charge in [0.25, 0.3) is 0 Å². The highest BCUT2D eigenvalue weighted by Gasteiger charge is 2.06. The van der Waals surface area contributed by atoms with Crippen molar-refractivity contribution in [2.45, 2.75) is 19.7 Å². The zero-order valence-electron chi connectivity index (χ0n) is 7.74. The van der Waals surface area contributed by atoms with Crippen molar-refractivity contribution in [2.24, 2.45) is 0 Å². The molecule has 0 heterocycles. The molecule has 0 fully saturated rings. The Morgan fingerprint density at radius 2 is 2.07 bits per heavy atom. The Bertz CT molecular complexity index is 308. The predicted octanol–water partition coefficient (Wildman–Crippen LogP) is 2.47. The summed E-state index contributed by atoms with van der Waals surface area (Å²) >= 11 is 0. The summed E-state index contributed by atoms with van der Waals surface area (Å²) in [6.07, 6.45) is -1.08. The molecule has 1 rings (SSSR count). The highest BCUT2D eigenvalue weighted by Crippen LogP contribution is 2.15. The van der Waals surface area contributed by atoms with E-state index < -0.39 is 12.3 Å². The third kappa shape index (κ3) is 2.73. The fraction of sp³-hybridized carbons (Fsp3) is 0.300. The lowest BCUT2D eigenvalue weighted by molar-refractivity contribution is 0.0641. The van der Waals surface area contributed by atoms with Crippen molar-refractivity contribution in [1.29, 1.82) is 0 Å². The number of carboxylic acids is 1. The molecule has 1 aromatic carbocycles. The minimum Gasteiger partial charge on any atom is -0.478 e. The smallest absolute Gasteiger partial charge is 0.335 e. The van der Waals surface area contributed by atoms with Crippen LogP contribution in [0.2, 0.25) is 0 Å². The minimum absolute atomic E-state index is 0.157. The zero-order chi connectivity index (χ0) is 10.6. The zero-order valence-corrected chi connectivity index (χ0v) is 7.74. The van der Waals surface area contributed by atoms with Crippen LogP contribution in [0.5, 0.6) is 5.75 Å². The summed E-state index contributed by atoms with van der Waals surface area (Å²) in [4.78, 5) is 10.5. The quantitative estimate of drug-likeness (QED) is 0.808. The summed E-state index contributed by atoms with van der Waals surface area (Å²) in [5, 5.41) is 8.59.